The van der Waals surface area contributed by atoms with Gasteiger partial charge in [0.2, 0.25) is 16.0 Å². The van der Waals surface area contributed by atoms with Crippen LogP contribution in [0, 0.1) is 10.1 Å². The largest absolute Gasteiger partial charge is 0.340 e. The van der Waals surface area contributed by atoms with Crippen molar-refractivity contribution < 1.29 is 13.3 Å². The fourth-order valence-electron chi connectivity index (χ4n) is 3.51. The van der Waals surface area contributed by atoms with E-state index in [1.54, 1.807) is 0 Å². The Morgan fingerprint density at radius 1 is 1.00 bits per heavy atom. The van der Waals surface area contributed by atoms with Crippen LogP contribution >= 0.6 is 0 Å². The van der Waals surface area contributed by atoms with Gasteiger partial charge in [-0.25, -0.2) is 13.4 Å². The zero-order valence-electron chi connectivity index (χ0n) is 15.2. The Labute approximate surface area is 162 Å². The molecule has 1 aliphatic rings. The summed E-state index contributed by atoms with van der Waals surface area (Å²) in [5.41, 5.74) is 1.49. The number of nitro groups is 1. The molecule has 0 spiro atoms. The maximum absolute atomic E-state index is 12.9. The molecule has 10 heteroatoms. The third-order valence-corrected chi connectivity index (χ3v) is 6.91. The second-order valence-electron chi connectivity index (χ2n) is 6.58. The molecule has 0 aliphatic carbocycles. The van der Waals surface area contributed by atoms with Crippen LogP contribution in [0.2, 0.25) is 0 Å². The first-order valence-corrected chi connectivity index (χ1v) is 10.2. The summed E-state index contributed by atoms with van der Waals surface area (Å²) in [5.74, 6) is 0.781. The highest BCUT2D eigenvalue weighted by molar-refractivity contribution is 7.89. The molecule has 0 N–H and O–H groups in total. The van der Waals surface area contributed by atoms with Gasteiger partial charge < -0.3 is 9.47 Å². The zero-order valence-corrected chi connectivity index (χ0v) is 16.0. The molecule has 0 bridgehead atoms. The molecule has 9 nitrogen and oxygen atoms in total. The number of sulfonamides is 1. The smallest absolute Gasteiger partial charge is 0.289 e. The number of nitro benzene ring substituents is 1. The van der Waals surface area contributed by atoms with Gasteiger partial charge in [0, 0.05) is 39.3 Å². The van der Waals surface area contributed by atoms with Crippen molar-refractivity contribution in [2.45, 2.75) is 4.90 Å². The van der Waals surface area contributed by atoms with E-state index in [1.807, 2.05) is 40.8 Å². The fraction of sp³-hybridized carbons (Fsp3) is 0.278. The normalized spacial score (nSPS) is 15.8. The molecule has 0 unspecified atom stereocenters. The molecule has 0 radical (unpaired) electrons. The Morgan fingerprint density at radius 3 is 2.32 bits per heavy atom. The number of fused-ring (bicyclic) bond motifs is 1. The summed E-state index contributed by atoms with van der Waals surface area (Å²) in [4.78, 5) is 17.0. The van der Waals surface area contributed by atoms with Crippen molar-refractivity contribution in [3.8, 4) is 0 Å². The molecule has 0 amide bonds. The van der Waals surface area contributed by atoms with E-state index in [2.05, 4.69) is 4.98 Å². The van der Waals surface area contributed by atoms with Crippen molar-refractivity contribution in [3.63, 3.8) is 0 Å². The molecule has 3 aromatic rings. The molecule has 1 fully saturated rings. The molecule has 28 heavy (non-hydrogen) atoms. The van der Waals surface area contributed by atoms with E-state index < -0.39 is 20.6 Å². The van der Waals surface area contributed by atoms with Crippen LogP contribution < -0.4 is 4.90 Å². The van der Waals surface area contributed by atoms with Crippen molar-refractivity contribution >= 4 is 32.7 Å². The lowest BCUT2D eigenvalue weighted by Crippen LogP contribution is -2.49. The van der Waals surface area contributed by atoms with E-state index in [-0.39, 0.29) is 18.0 Å². The fourth-order valence-corrected chi connectivity index (χ4v) is 5.09. The lowest BCUT2D eigenvalue weighted by Gasteiger charge is -2.34. The Balaban J connectivity index is 1.57. The van der Waals surface area contributed by atoms with E-state index in [1.165, 1.54) is 28.6 Å². The molecule has 1 aromatic heterocycles. The van der Waals surface area contributed by atoms with Crippen molar-refractivity contribution in [3.05, 3.63) is 58.6 Å². The van der Waals surface area contributed by atoms with Crippen molar-refractivity contribution in [1.29, 1.82) is 0 Å². The van der Waals surface area contributed by atoms with Gasteiger partial charge in [0.25, 0.3) is 5.69 Å². The SMILES string of the molecule is Cn1c(N2CCN(S(=O)(=O)c3ccccc3[N+](=O)[O-])CC2)nc2ccccc21. The number of piperazine rings is 1. The van der Waals surface area contributed by atoms with E-state index in [9.17, 15) is 18.5 Å². The first-order chi connectivity index (χ1) is 13.4. The topological polar surface area (TPSA) is 102 Å². The second-order valence-corrected chi connectivity index (χ2v) is 8.48. The maximum Gasteiger partial charge on any atom is 0.289 e. The molecular formula is C18H19N5O4S. The number of aromatic nitrogens is 2. The van der Waals surface area contributed by atoms with E-state index in [0.717, 1.165) is 17.0 Å². The standard InChI is InChI=1S/C18H19N5O4S/c1-20-15-7-3-2-6-14(15)19-18(20)21-10-12-22(13-11-21)28(26,27)17-9-5-4-8-16(17)23(24)25/h2-9H,10-13H2,1H3. The van der Waals surface area contributed by atoms with Crippen molar-refractivity contribution in [2.75, 3.05) is 31.1 Å². The summed E-state index contributed by atoms with van der Waals surface area (Å²) in [6, 6.07) is 13.3. The van der Waals surface area contributed by atoms with Gasteiger partial charge in [0.05, 0.1) is 16.0 Å². The molecular weight excluding hydrogens is 382 g/mol. The van der Waals surface area contributed by atoms with Crippen molar-refractivity contribution in [2.24, 2.45) is 7.05 Å². The van der Waals surface area contributed by atoms with Crippen LogP contribution in [0.15, 0.2) is 53.4 Å². The molecule has 0 atom stereocenters. The van der Waals surface area contributed by atoms with Gasteiger partial charge in [-0.3, -0.25) is 10.1 Å². The molecule has 4 rings (SSSR count). The number of imidazole rings is 1. The Kier molecular flexibility index (Phi) is 4.52. The second kappa shape index (κ2) is 6.88. The van der Waals surface area contributed by atoms with Crippen LogP contribution in [-0.4, -0.2) is 53.4 Å². The van der Waals surface area contributed by atoms with Gasteiger partial charge in [0.15, 0.2) is 4.90 Å². The lowest BCUT2D eigenvalue weighted by molar-refractivity contribution is -0.387. The number of hydrogen-bond donors (Lipinski definition) is 0. The summed E-state index contributed by atoms with van der Waals surface area (Å²) in [7, 11) is -2.01. The molecule has 1 aliphatic heterocycles. The van der Waals surface area contributed by atoms with Gasteiger partial charge in [-0.1, -0.05) is 24.3 Å². The Morgan fingerprint density at radius 2 is 1.64 bits per heavy atom. The maximum atomic E-state index is 12.9. The number of hydrogen-bond acceptors (Lipinski definition) is 6. The lowest BCUT2D eigenvalue weighted by atomic mass is 10.3. The van der Waals surface area contributed by atoms with E-state index in [0.29, 0.717) is 13.1 Å². The third-order valence-electron chi connectivity index (χ3n) is 4.96. The van der Waals surface area contributed by atoms with Gasteiger partial charge in [0.1, 0.15) is 0 Å². The molecule has 146 valence electrons. The highest BCUT2D eigenvalue weighted by atomic mass is 32.2. The van der Waals surface area contributed by atoms with Gasteiger partial charge in [-0.2, -0.15) is 4.31 Å². The highest BCUT2D eigenvalue weighted by Gasteiger charge is 2.34. The number of nitrogens with zero attached hydrogens (tertiary/aromatic N) is 5. The van der Waals surface area contributed by atoms with Crippen LogP contribution in [0.5, 0.6) is 0 Å². The first-order valence-electron chi connectivity index (χ1n) is 8.79. The minimum atomic E-state index is -3.94. The monoisotopic (exact) mass is 401 g/mol. The van der Waals surface area contributed by atoms with Gasteiger partial charge >= 0.3 is 0 Å². The number of aryl methyl sites for hydroxylation is 1. The summed E-state index contributed by atoms with van der Waals surface area (Å²) in [6.07, 6.45) is 0. The average Bonchev–Trinajstić information content (AvgIpc) is 3.05. The minimum absolute atomic E-state index is 0.234. The van der Waals surface area contributed by atoms with Crippen LogP contribution in [0.1, 0.15) is 0 Å². The van der Waals surface area contributed by atoms with Gasteiger partial charge in [-0.15, -0.1) is 0 Å². The summed E-state index contributed by atoms with van der Waals surface area (Å²) in [5, 5.41) is 11.2. The van der Waals surface area contributed by atoms with E-state index >= 15 is 0 Å². The highest BCUT2D eigenvalue weighted by Crippen LogP contribution is 2.28. The molecule has 2 heterocycles. The van der Waals surface area contributed by atoms with Crippen LogP contribution in [0.25, 0.3) is 11.0 Å². The van der Waals surface area contributed by atoms with Crippen LogP contribution in [-0.2, 0) is 17.1 Å². The molecule has 1 saturated heterocycles. The summed E-state index contributed by atoms with van der Waals surface area (Å²) < 4.78 is 29.2. The third kappa shape index (κ3) is 3.00. The summed E-state index contributed by atoms with van der Waals surface area (Å²) in [6.45, 7) is 1.38. The average molecular weight is 401 g/mol. The molecule has 2 aromatic carbocycles. The number of rotatable bonds is 4. The van der Waals surface area contributed by atoms with E-state index in [4.69, 9.17) is 0 Å². The summed E-state index contributed by atoms with van der Waals surface area (Å²) >= 11 is 0. The number of anilines is 1. The van der Waals surface area contributed by atoms with Gasteiger partial charge in [-0.05, 0) is 18.2 Å². The van der Waals surface area contributed by atoms with Crippen molar-refractivity contribution in [1.82, 2.24) is 13.9 Å². The number of benzene rings is 2. The number of para-hydroxylation sites is 3. The zero-order chi connectivity index (χ0) is 19.9. The van der Waals surface area contributed by atoms with Crippen LogP contribution in [0.3, 0.4) is 0 Å². The first kappa shape index (κ1) is 18.4. The minimum Gasteiger partial charge on any atom is -0.340 e. The van der Waals surface area contributed by atoms with Crippen LogP contribution in [0.4, 0.5) is 11.6 Å². The Hall–Kier alpha value is -2.98. The predicted molar refractivity (Wildman–Crippen MR) is 105 cm³/mol. The Bertz CT molecular complexity index is 1150. The quantitative estimate of drug-likeness (QED) is 0.489. The molecule has 0 saturated carbocycles. The predicted octanol–water partition coefficient (Wildman–Crippen LogP) is 1.99.